The summed E-state index contributed by atoms with van der Waals surface area (Å²) < 4.78 is 1.33. The lowest BCUT2D eigenvalue weighted by atomic mass is 10.2. The first-order valence-corrected chi connectivity index (χ1v) is 4.77. The van der Waals surface area contributed by atoms with Gasteiger partial charge in [-0.1, -0.05) is 0 Å². The summed E-state index contributed by atoms with van der Waals surface area (Å²) in [4.78, 5) is 32.8. The molecule has 8 heteroatoms. The highest BCUT2D eigenvalue weighted by molar-refractivity contribution is 5.87. The molecular weight excluding hydrogens is 228 g/mol. The Labute approximate surface area is 96.4 Å². The van der Waals surface area contributed by atoms with Gasteiger partial charge in [0.25, 0.3) is 0 Å². The highest BCUT2D eigenvalue weighted by Crippen LogP contribution is 1.93. The molecule has 1 rings (SSSR count). The number of aliphatic carboxylic acids is 1. The molecule has 0 fully saturated rings. The lowest BCUT2D eigenvalue weighted by Gasteiger charge is -2.12. The van der Waals surface area contributed by atoms with Gasteiger partial charge in [-0.25, -0.2) is 4.79 Å². The van der Waals surface area contributed by atoms with Crippen LogP contribution in [-0.2, 0) is 20.9 Å². The van der Waals surface area contributed by atoms with E-state index in [1.807, 2.05) is 0 Å². The monoisotopic (exact) mass is 240 g/mol. The van der Waals surface area contributed by atoms with Crippen molar-refractivity contribution in [2.75, 3.05) is 0 Å². The molecule has 0 saturated carbocycles. The van der Waals surface area contributed by atoms with E-state index >= 15 is 0 Å². The molecule has 2 amide bonds. The van der Waals surface area contributed by atoms with Gasteiger partial charge >= 0.3 is 5.97 Å². The molecule has 0 aliphatic rings. The molecule has 0 saturated heterocycles. The number of carbonyl (C=O) groups excluding carboxylic acids is 2. The molecule has 92 valence electrons. The molecule has 0 aliphatic heterocycles. The molecule has 1 unspecified atom stereocenters. The molecule has 1 aromatic rings. The van der Waals surface area contributed by atoms with Crippen LogP contribution < -0.4 is 11.1 Å². The number of nitrogens with two attached hydrogens (primary N) is 1. The number of hydrogen-bond acceptors (Lipinski definition) is 4. The Morgan fingerprint density at radius 2 is 2.18 bits per heavy atom. The van der Waals surface area contributed by atoms with Crippen molar-refractivity contribution in [2.45, 2.75) is 19.0 Å². The zero-order valence-electron chi connectivity index (χ0n) is 8.87. The minimum atomic E-state index is -1.31. The van der Waals surface area contributed by atoms with Crippen molar-refractivity contribution in [3.63, 3.8) is 0 Å². The molecule has 4 N–H and O–H groups in total. The van der Waals surface area contributed by atoms with Crippen LogP contribution >= 0.6 is 0 Å². The molecule has 8 nitrogen and oxygen atoms in total. The van der Waals surface area contributed by atoms with Crippen molar-refractivity contribution in [3.8, 4) is 0 Å². The third kappa shape index (κ3) is 4.33. The van der Waals surface area contributed by atoms with Crippen LogP contribution in [0, 0.1) is 0 Å². The summed E-state index contributed by atoms with van der Waals surface area (Å²) in [6.45, 7) is -0.116. The number of primary amides is 1. The van der Waals surface area contributed by atoms with Crippen molar-refractivity contribution in [3.05, 3.63) is 18.5 Å². The highest BCUT2D eigenvalue weighted by Gasteiger charge is 2.22. The summed E-state index contributed by atoms with van der Waals surface area (Å²) >= 11 is 0. The summed E-state index contributed by atoms with van der Waals surface area (Å²) in [6, 6.07) is 0.321. The summed E-state index contributed by atoms with van der Waals surface area (Å²) in [5.41, 5.74) is 4.87. The number of carboxylic acids is 1. The normalized spacial score (nSPS) is 11.8. The molecule has 0 aromatic carbocycles. The second-order valence-corrected chi connectivity index (χ2v) is 3.33. The molecule has 1 heterocycles. The maximum absolute atomic E-state index is 11.4. The lowest BCUT2D eigenvalue weighted by Crippen LogP contribution is -2.44. The van der Waals surface area contributed by atoms with Gasteiger partial charge in [-0.15, -0.1) is 0 Å². The molecular formula is C9H12N4O4. The van der Waals surface area contributed by atoms with Gasteiger partial charge in [-0.2, -0.15) is 5.10 Å². The molecule has 0 radical (unpaired) electrons. The van der Waals surface area contributed by atoms with E-state index in [0.29, 0.717) is 0 Å². The molecule has 1 atom stereocenters. The van der Waals surface area contributed by atoms with E-state index in [0.717, 1.165) is 0 Å². The zero-order valence-corrected chi connectivity index (χ0v) is 8.87. The van der Waals surface area contributed by atoms with Crippen LogP contribution in [0.3, 0.4) is 0 Å². The summed E-state index contributed by atoms with van der Waals surface area (Å²) in [6.07, 6.45) is 2.61. The average Bonchev–Trinajstić information content (AvgIpc) is 2.68. The Hall–Kier alpha value is -2.38. The minimum absolute atomic E-state index is 0.116. The quantitative estimate of drug-likeness (QED) is 0.547. The fourth-order valence-electron chi connectivity index (χ4n) is 1.18. The van der Waals surface area contributed by atoms with E-state index in [9.17, 15) is 14.4 Å². The molecule has 1 aromatic heterocycles. The van der Waals surface area contributed by atoms with Crippen LogP contribution in [0.2, 0.25) is 0 Å². The van der Waals surface area contributed by atoms with E-state index in [-0.39, 0.29) is 6.54 Å². The second kappa shape index (κ2) is 5.64. The fourth-order valence-corrected chi connectivity index (χ4v) is 1.18. The fraction of sp³-hybridized carbons (Fsp3) is 0.333. The van der Waals surface area contributed by atoms with Gasteiger partial charge in [0, 0.05) is 12.4 Å². The van der Waals surface area contributed by atoms with E-state index in [1.54, 1.807) is 12.3 Å². The minimum Gasteiger partial charge on any atom is -0.480 e. The first-order valence-electron chi connectivity index (χ1n) is 4.77. The van der Waals surface area contributed by atoms with Gasteiger partial charge in [-0.05, 0) is 6.07 Å². The zero-order chi connectivity index (χ0) is 12.8. The topological polar surface area (TPSA) is 127 Å². The molecule has 0 spiro atoms. The maximum atomic E-state index is 11.4. The van der Waals surface area contributed by atoms with Gasteiger partial charge in [-0.3, -0.25) is 14.3 Å². The lowest BCUT2D eigenvalue weighted by molar-refractivity contribution is -0.143. The molecule has 17 heavy (non-hydrogen) atoms. The van der Waals surface area contributed by atoms with Crippen LogP contribution in [-0.4, -0.2) is 38.7 Å². The number of nitrogens with one attached hydrogen (secondary N) is 1. The average molecular weight is 240 g/mol. The molecule has 0 bridgehead atoms. The predicted octanol–water partition coefficient (Wildman–Crippen LogP) is -1.67. The van der Waals surface area contributed by atoms with Crippen LogP contribution in [0.1, 0.15) is 6.42 Å². The summed E-state index contributed by atoms with van der Waals surface area (Å²) in [5.74, 6) is -2.66. The van der Waals surface area contributed by atoms with Crippen LogP contribution in [0.25, 0.3) is 0 Å². The van der Waals surface area contributed by atoms with Gasteiger partial charge in [0.1, 0.15) is 12.6 Å². The second-order valence-electron chi connectivity index (χ2n) is 3.33. The Kier molecular flexibility index (Phi) is 4.21. The van der Waals surface area contributed by atoms with Crippen molar-refractivity contribution in [2.24, 2.45) is 5.73 Å². The van der Waals surface area contributed by atoms with E-state index in [1.165, 1.54) is 10.9 Å². The Morgan fingerprint density at radius 3 is 2.65 bits per heavy atom. The summed E-state index contributed by atoms with van der Waals surface area (Å²) in [7, 11) is 0. The number of carbonyl (C=O) groups is 3. The Morgan fingerprint density at radius 1 is 1.47 bits per heavy atom. The highest BCUT2D eigenvalue weighted by atomic mass is 16.4. The Balaban J connectivity index is 2.52. The van der Waals surface area contributed by atoms with E-state index in [2.05, 4.69) is 10.4 Å². The van der Waals surface area contributed by atoms with Crippen LogP contribution in [0.15, 0.2) is 18.5 Å². The van der Waals surface area contributed by atoms with E-state index in [4.69, 9.17) is 10.8 Å². The number of amides is 2. The van der Waals surface area contributed by atoms with Crippen molar-refractivity contribution < 1.29 is 19.5 Å². The first-order chi connectivity index (χ1) is 7.99. The number of aromatic nitrogens is 2. The van der Waals surface area contributed by atoms with Gasteiger partial charge in [0.15, 0.2) is 0 Å². The van der Waals surface area contributed by atoms with Crippen molar-refractivity contribution in [1.29, 1.82) is 0 Å². The smallest absolute Gasteiger partial charge is 0.326 e. The van der Waals surface area contributed by atoms with Crippen molar-refractivity contribution in [1.82, 2.24) is 15.1 Å². The first kappa shape index (κ1) is 12.7. The number of hydrogen-bond donors (Lipinski definition) is 3. The predicted molar refractivity (Wildman–Crippen MR) is 55.6 cm³/mol. The Bertz CT molecular complexity index is 415. The van der Waals surface area contributed by atoms with Gasteiger partial charge in [0.2, 0.25) is 11.8 Å². The van der Waals surface area contributed by atoms with E-state index < -0.39 is 30.2 Å². The SMILES string of the molecule is NC(=O)CC(NC(=O)Cn1cccn1)C(=O)O. The largest absolute Gasteiger partial charge is 0.480 e. The van der Waals surface area contributed by atoms with Crippen LogP contribution in [0.5, 0.6) is 0 Å². The number of nitrogens with zero attached hydrogens (tertiary/aromatic N) is 2. The standard InChI is InChI=1S/C9H12N4O4/c10-7(14)4-6(9(16)17)12-8(15)5-13-3-1-2-11-13/h1-3,6H,4-5H2,(H2,10,14)(H,12,15)(H,16,17). The number of rotatable bonds is 6. The number of carboxylic acid groups (broad SMARTS) is 1. The third-order valence-corrected chi connectivity index (χ3v) is 1.90. The molecule has 0 aliphatic carbocycles. The van der Waals surface area contributed by atoms with Crippen LogP contribution in [0.4, 0.5) is 0 Å². The van der Waals surface area contributed by atoms with Crippen molar-refractivity contribution >= 4 is 17.8 Å². The summed E-state index contributed by atoms with van der Waals surface area (Å²) in [5, 5.41) is 14.7. The van der Waals surface area contributed by atoms with Gasteiger partial charge in [0.05, 0.1) is 6.42 Å². The third-order valence-electron chi connectivity index (χ3n) is 1.90. The maximum Gasteiger partial charge on any atom is 0.326 e. The van der Waals surface area contributed by atoms with Gasteiger partial charge < -0.3 is 16.2 Å².